The van der Waals surface area contributed by atoms with Gasteiger partial charge in [-0.1, -0.05) is 18.9 Å². The summed E-state index contributed by atoms with van der Waals surface area (Å²) in [7, 11) is 0. The van der Waals surface area contributed by atoms with E-state index in [1.165, 1.54) is 24.2 Å². The third-order valence-electron chi connectivity index (χ3n) is 4.18. The Bertz CT molecular complexity index is 720. The zero-order valence-electron chi connectivity index (χ0n) is 13.3. The lowest BCUT2D eigenvalue weighted by Crippen LogP contribution is -2.26. The average molecular weight is 344 g/mol. The minimum Gasteiger partial charge on any atom is -0.478 e. The van der Waals surface area contributed by atoms with E-state index in [0.29, 0.717) is 10.6 Å². The van der Waals surface area contributed by atoms with E-state index in [2.05, 4.69) is 10.2 Å². The number of amides is 1. The molecule has 1 aliphatic heterocycles. The van der Waals surface area contributed by atoms with E-state index in [1.54, 1.807) is 24.3 Å². The Labute approximate surface area is 144 Å². The van der Waals surface area contributed by atoms with Gasteiger partial charge in [0, 0.05) is 18.8 Å². The van der Waals surface area contributed by atoms with Crippen molar-refractivity contribution in [2.45, 2.75) is 25.7 Å². The van der Waals surface area contributed by atoms with Gasteiger partial charge < -0.3 is 15.3 Å². The zero-order chi connectivity index (χ0) is 16.9. The number of thiophene rings is 1. The van der Waals surface area contributed by atoms with Crippen LogP contribution >= 0.6 is 11.3 Å². The number of hydrogen-bond donors (Lipinski definition) is 2. The first-order valence-corrected chi connectivity index (χ1v) is 9.00. The van der Waals surface area contributed by atoms with Gasteiger partial charge in [0.25, 0.3) is 5.91 Å². The molecule has 126 valence electrons. The molecule has 5 nitrogen and oxygen atoms in total. The summed E-state index contributed by atoms with van der Waals surface area (Å²) in [5, 5.41) is 14.2. The van der Waals surface area contributed by atoms with Gasteiger partial charge in [-0.25, -0.2) is 4.79 Å². The first-order chi connectivity index (χ1) is 11.6. The molecule has 1 aliphatic rings. The van der Waals surface area contributed by atoms with Crippen LogP contribution in [0.5, 0.6) is 0 Å². The highest BCUT2D eigenvalue weighted by molar-refractivity contribution is 7.12. The molecular weight excluding hydrogens is 324 g/mol. The van der Waals surface area contributed by atoms with E-state index in [1.807, 2.05) is 11.4 Å². The molecular formula is C18H20N2O3S. The minimum atomic E-state index is -0.971. The van der Waals surface area contributed by atoms with E-state index < -0.39 is 5.97 Å². The summed E-state index contributed by atoms with van der Waals surface area (Å²) >= 11 is 1.35. The molecule has 1 fully saturated rings. The molecule has 1 saturated heterocycles. The van der Waals surface area contributed by atoms with Crippen molar-refractivity contribution < 1.29 is 14.7 Å². The molecule has 0 bridgehead atoms. The fraction of sp³-hybridized carbons (Fsp3) is 0.333. The van der Waals surface area contributed by atoms with Crippen LogP contribution in [0.15, 0.2) is 35.7 Å². The van der Waals surface area contributed by atoms with Crippen molar-refractivity contribution in [1.82, 2.24) is 0 Å². The lowest BCUT2D eigenvalue weighted by atomic mass is 10.1. The van der Waals surface area contributed by atoms with Gasteiger partial charge in [-0.3, -0.25) is 4.79 Å². The Morgan fingerprint density at radius 3 is 2.46 bits per heavy atom. The van der Waals surface area contributed by atoms with Crippen LogP contribution in [0.25, 0.3) is 0 Å². The standard InChI is InChI=1S/C18H20N2O3S/c21-17(16-6-5-11-24-16)19-13-7-8-15(14(12-13)18(22)23)20-9-3-1-2-4-10-20/h5-8,11-12H,1-4,9-10H2,(H,19,21)(H,22,23). The molecule has 6 heteroatoms. The van der Waals surface area contributed by atoms with Crippen LogP contribution in [0.3, 0.4) is 0 Å². The second-order valence-electron chi connectivity index (χ2n) is 5.87. The van der Waals surface area contributed by atoms with Crippen LogP contribution in [-0.4, -0.2) is 30.1 Å². The molecule has 0 radical (unpaired) electrons. The van der Waals surface area contributed by atoms with Gasteiger partial charge in [-0.2, -0.15) is 0 Å². The van der Waals surface area contributed by atoms with Crippen LogP contribution < -0.4 is 10.2 Å². The highest BCUT2D eigenvalue weighted by atomic mass is 32.1. The lowest BCUT2D eigenvalue weighted by Gasteiger charge is -2.24. The van der Waals surface area contributed by atoms with Crippen molar-refractivity contribution >= 4 is 34.6 Å². The second kappa shape index (κ2) is 7.49. The van der Waals surface area contributed by atoms with Gasteiger partial charge in [-0.15, -0.1) is 11.3 Å². The molecule has 0 unspecified atom stereocenters. The van der Waals surface area contributed by atoms with Gasteiger partial charge in [0.15, 0.2) is 0 Å². The SMILES string of the molecule is O=C(Nc1ccc(N2CCCCCC2)c(C(=O)O)c1)c1cccs1. The lowest BCUT2D eigenvalue weighted by molar-refractivity contribution is 0.0697. The maximum absolute atomic E-state index is 12.1. The molecule has 0 spiro atoms. The summed E-state index contributed by atoms with van der Waals surface area (Å²) < 4.78 is 0. The van der Waals surface area contributed by atoms with E-state index in [4.69, 9.17) is 0 Å². The van der Waals surface area contributed by atoms with E-state index >= 15 is 0 Å². The number of benzene rings is 1. The van der Waals surface area contributed by atoms with Crippen molar-refractivity contribution in [3.05, 3.63) is 46.2 Å². The number of rotatable bonds is 4. The van der Waals surface area contributed by atoms with Gasteiger partial charge in [-0.05, 0) is 42.5 Å². The first-order valence-electron chi connectivity index (χ1n) is 8.12. The molecule has 2 heterocycles. The summed E-state index contributed by atoms with van der Waals surface area (Å²) in [4.78, 5) is 26.6. The molecule has 1 amide bonds. The van der Waals surface area contributed by atoms with Crippen LogP contribution in [0.4, 0.5) is 11.4 Å². The van der Waals surface area contributed by atoms with Crippen molar-refractivity contribution in [3.8, 4) is 0 Å². The number of carbonyl (C=O) groups is 2. The molecule has 0 atom stereocenters. The molecule has 2 aromatic rings. The van der Waals surface area contributed by atoms with Gasteiger partial charge in [0.1, 0.15) is 0 Å². The number of carboxylic acid groups (broad SMARTS) is 1. The summed E-state index contributed by atoms with van der Waals surface area (Å²) in [6, 6.07) is 8.68. The summed E-state index contributed by atoms with van der Waals surface area (Å²) in [5.41, 5.74) is 1.48. The van der Waals surface area contributed by atoms with Crippen LogP contribution in [0.2, 0.25) is 0 Å². The number of hydrogen-bond acceptors (Lipinski definition) is 4. The van der Waals surface area contributed by atoms with Crippen LogP contribution in [0, 0.1) is 0 Å². The van der Waals surface area contributed by atoms with Gasteiger partial charge in [0.2, 0.25) is 0 Å². The number of anilines is 2. The largest absolute Gasteiger partial charge is 0.478 e. The number of aromatic carboxylic acids is 1. The third-order valence-corrected chi connectivity index (χ3v) is 5.05. The second-order valence-corrected chi connectivity index (χ2v) is 6.82. The molecule has 2 N–H and O–H groups in total. The van der Waals surface area contributed by atoms with E-state index in [-0.39, 0.29) is 11.5 Å². The van der Waals surface area contributed by atoms with Crippen molar-refractivity contribution in [3.63, 3.8) is 0 Å². The van der Waals surface area contributed by atoms with Crippen molar-refractivity contribution in [2.24, 2.45) is 0 Å². The minimum absolute atomic E-state index is 0.219. The maximum atomic E-state index is 12.1. The average Bonchev–Trinajstić information content (AvgIpc) is 2.98. The van der Waals surface area contributed by atoms with Crippen LogP contribution in [0.1, 0.15) is 45.7 Å². The fourth-order valence-electron chi connectivity index (χ4n) is 2.97. The molecule has 1 aromatic carbocycles. The Kier molecular flexibility index (Phi) is 5.15. The predicted molar refractivity (Wildman–Crippen MR) is 96.4 cm³/mol. The van der Waals surface area contributed by atoms with Gasteiger partial charge in [0.05, 0.1) is 16.1 Å². The van der Waals surface area contributed by atoms with E-state index in [9.17, 15) is 14.7 Å². The summed E-state index contributed by atoms with van der Waals surface area (Å²) in [5.74, 6) is -1.19. The van der Waals surface area contributed by atoms with Gasteiger partial charge >= 0.3 is 5.97 Å². The predicted octanol–water partition coefficient (Wildman–Crippen LogP) is 4.08. The Hall–Kier alpha value is -2.34. The normalized spacial score (nSPS) is 14.9. The number of nitrogens with one attached hydrogen (secondary N) is 1. The van der Waals surface area contributed by atoms with E-state index in [0.717, 1.165) is 31.6 Å². The number of carbonyl (C=O) groups excluding carboxylic acids is 1. The topological polar surface area (TPSA) is 69.6 Å². The molecule has 0 saturated carbocycles. The molecule has 0 aliphatic carbocycles. The summed E-state index contributed by atoms with van der Waals surface area (Å²) in [6.45, 7) is 1.75. The Balaban J connectivity index is 1.84. The smallest absolute Gasteiger partial charge is 0.337 e. The number of nitrogens with zero attached hydrogens (tertiary/aromatic N) is 1. The highest BCUT2D eigenvalue weighted by Gasteiger charge is 2.19. The van der Waals surface area contributed by atoms with Crippen molar-refractivity contribution in [1.29, 1.82) is 0 Å². The fourth-order valence-corrected chi connectivity index (χ4v) is 3.59. The quantitative estimate of drug-likeness (QED) is 0.877. The molecule has 24 heavy (non-hydrogen) atoms. The van der Waals surface area contributed by atoms with Crippen molar-refractivity contribution in [2.75, 3.05) is 23.3 Å². The maximum Gasteiger partial charge on any atom is 0.337 e. The molecule has 3 rings (SSSR count). The summed E-state index contributed by atoms with van der Waals surface area (Å²) in [6.07, 6.45) is 4.54. The Morgan fingerprint density at radius 2 is 1.83 bits per heavy atom. The monoisotopic (exact) mass is 344 g/mol. The number of carboxylic acids is 1. The first kappa shape index (κ1) is 16.5. The zero-order valence-corrected chi connectivity index (χ0v) is 14.1. The highest BCUT2D eigenvalue weighted by Crippen LogP contribution is 2.27. The molecule has 1 aromatic heterocycles. The Morgan fingerprint density at radius 1 is 1.08 bits per heavy atom. The third kappa shape index (κ3) is 3.76. The van der Waals surface area contributed by atoms with Crippen LogP contribution in [-0.2, 0) is 0 Å².